The van der Waals surface area contributed by atoms with Crippen molar-refractivity contribution >= 4 is 52.3 Å². The van der Waals surface area contributed by atoms with Crippen molar-refractivity contribution in [2.75, 3.05) is 24.6 Å². The van der Waals surface area contributed by atoms with Crippen molar-refractivity contribution in [3.8, 4) is 0 Å². The van der Waals surface area contributed by atoms with Gasteiger partial charge in [0, 0.05) is 31.0 Å². The number of rotatable bonds is 4. The fourth-order valence-corrected chi connectivity index (χ4v) is 4.24. The van der Waals surface area contributed by atoms with Gasteiger partial charge in [-0.1, -0.05) is 41.5 Å². The monoisotopic (exact) mass is 505 g/mol. The van der Waals surface area contributed by atoms with Gasteiger partial charge in [0.15, 0.2) is 0 Å². The lowest BCUT2D eigenvalue weighted by Gasteiger charge is -2.32. The molecule has 2 fully saturated rings. The predicted octanol–water partition coefficient (Wildman–Crippen LogP) is 3.19. The first-order valence-electron chi connectivity index (χ1n) is 9.42. The van der Waals surface area contributed by atoms with E-state index in [2.05, 4.69) is 20.8 Å². The van der Waals surface area contributed by atoms with Crippen LogP contribution in [0.2, 0.25) is 10.0 Å². The van der Waals surface area contributed by atoms with Crippen molar-refractivity contribution < 1.29 is 22.8 Å². The first kappa shape index (κ1) is 23.0. The number of thiocarbonyl (C=S) groups is 1. The summed E-state index contributed by atoms with van der Waals surface area (Å²) >= 11 is 17.1. The van der Waals surface area contributed by atoms with Crippen molar-refractivity contribution in [2.24, 2.45) is 0 Å². The Balaban J connectivity index is 1.53. The van der Waals surface area contributed by atoms with Gasteiger partial charge in [-0.25, -0.2) is 15.4 Å². The molecule has 1 amide bonds. The summed E-state index contributed by atoms with van der Waals surface area (Å²) in [5, 5.41) is 3.08. The van der Waals surface area contributed by atoms with E-state index in [1.54, 1.807) is 0 Å². The molecule has 2 saturated heterocycles. The number of hydroxylamine groups is 1. The molecule has 2 atom stereocenters. The number of amides is 1. The van der Waals surface area contributed by atoms with E-state index in [1.807, 2.05) is 0 Å². The van der Waals surface area contributed by atoms with Gasteiger partial charge < -0.3 is 10.2 Å². The molecule has 0 bridgehead atoms. The van der Waals surface area contributed by atoms with Crippen LogP contribution in [0.4, 0.5) is 19.1 Å². The topological polar surface area (TPSA) is 79.4 Å². The zero-order chi connectivity index (χ0) is 23.1. The molecule has 2 N–H and O–H groups in total. The third kappa shape index (κ3) is 4.21. The Morgan fingerprint density at radius 1 is 1.28 bits per heavy atom. The normalized spacial score (nSPS) is 23.3. The maximum atomic E-state index is 14.2. The second kappa shape index (κ2) is 8.62. The highest BCUT2D eigenvalue weighted by Crippen LogP contribution is 2.49. The minimum Gasteiger partial charge on any atom is -0.362 e. The zero-order valence-corrected chi connectivity index (χ0v) is 18.6. The van der Waals surface area contributed by atoms with Crippen LogP contribution in [0.3, 0.4) is 0 Å². The summed E-state index contributed by atoms with van der Waals surface area (Å²) in [6, 6.07) is 3.34. The molecule has 170 valence electrons. The summed E-state index contributed by atoms with van der Waals surface area (Å²) in [5.41, 5.74) is 0.545. The second-order valence-corrected chi connectivity index (χ2v) is 8.68. The van der Waals surface area contributed by atoms with Crippen LogP contribution in [0.5, 0.6) is 0 Å². The third-order valence-electron chi connectivity index (χ3n) is 5.51. The van der Waals surface area contributed by atoms with Gasteiger partial charge in [0.05, 0.1) is 10.0 Å². The average molecular weight is 506 g/mol. The van der Waals surface area contributed by atoms with E-state index in [0.29, 0.717) is 5.56 Å². The van der Waals surface area contributed by atoms with Gasteiger partial charge >= 0.3 is 6.18 Å². The van der Waals surface area contributed by atoms with Crippen LogP contribution < -0.4 is 15.7 Å². The summed E-state index contributed by atoms with van der Waals surface area (Å²) in [7, 11) is 0. The number of nitrogens with one attached hydrogen (secondary N) is 2. The molecule has 2 aliphatic rings. The van der Waals surface area contributed by atoms with Crippen molar-refractivity contribution in [2.45, 2.75) is 24.1 Å². The van der Waals surface area contributed by atoms with Crippen molar-refractivity contribution in [3.05, 3.63) is 51.8 Å². The van der Waals surface area contributed by atoms with E-state index in [0.717, 1.165) is 0 Å². The van der Waals surface area contributed by atoms with Crippen LogP contribution in [0, 0.1) is 0 Å². The Morgan fingerprint density at radius 2 is 2.00 bits per heavy atom. The number of carbonyl (C=O) groups is 1. The predicted molar refractivity (Wildman–Crippen MR) is 116 cm³/mol. The summed E-state index contributed by atoms with van der Waals surface area (Å²) in [6.07, 6.45) is -1.90. The third-order valence-corrected chi connectivity index (χ3v) is 6.60. The Kier molecular flexibility index (Phi) is 6.19. The van der Waals surface area contributed by atoms with Gasteiger partial charge in [-0.2, -0.15) is 13.2 Å². The zero-order valence-electron chi connectivity index (χ0n) is 16.2. The fraction of sp³-hybridized carbons (Fsp3) is 0.368. The number of halogens is 5. The number of carbonyl (C=O) groups excluding carboxylic acids is 1. The molecule has 0 aliphatic carbocycles. The fourth-order valence-electron chi connectivity index (χ4n) is 3.70. The molecule has 13 heteroatoms. The van der Waals surface area contributed by atoms with Crippen LogP contribution >= 0.6 is 35.4 Å². The van der Waals surface area contributed by atoms with Gasteiger partial charge in [-0.3, -0.25) is 9.63 Å². The Morgan fingerprint density at radius 3 is 2.59 bits per heavy atom. The molecule has 0 spiro atoms. The number of nitrogens with zero attached hydrogens (tertiary/aromatic N) is 3. The Bertz CT molecular complexity index is 1060. The highest BCUT2D eigenvalue weighted by molar-refractivity contribution is 7.80. The number of hydrogen-bond donors (Lipinski definition) is 2. The minimum absolute atomic E-state index is 0.0426. The van der Waals surface area contributed by atoms with Crippen LogP contribution in [-0.2, 0) is 15.0 Å². The number of aromatic nitrogens is 2. The Hall–Kier alpha value is -2.21. The van der Waals surface area contributed by atoms with E-state index < -0.39 is 17.6 Å². The number of hydrogen-bond acceptors (Lipinski definition) is 6. The van der Waals surface area contributed by atoms with Gasteiger partial charge in [0.1, 0.15) is 23.1 Å². The van der Waals surface area contributed by atoms with Crippen LogP contribution in [-0.4, -0.2) is 52.8 Å². The summed E-state index contributed by atoms with van der Waals surface area (Å²) in [4.78, 5) is 26.5. The number of benzene rings is 1. The van der Waals surface area contributed by atoms with Crippen LogP contribution in [0.15, 0.2) is 30.6 Å². The summed E-state index contributed by atoms with van der Waals surface area (Å²) < 4.78 is 42.6. The van der Waals surface area contributed by atoms with E-state index in [9.17, 15) is 18.0 Å². The molecular weight excluding hydrogens is 490 g/mol. The molecule has 0 saturated carbocycles. The maximum absolute atomic E-state index is 14.2. The molecular formula is C19H16Cl2F3N5O2S. The van der Waals surface area contributed by atoms with Gasteiger partial charge in [0.2, 0.25) is 5.95 Å². The number of alkyl halides is 3. The molecule has 4 rings (SSSR count). The first-order valence-corrected chi connectivity index (χ1v) is 10.6. The van der Waals surface area contributed by atoms with Crippen LogP contribution in [0.25, 0.3) is 0 Å². The van der Waals surface area contributed by atoms with Crippen molar-refractivity contribution in [3.63, 3.8) is 0 Å². The smallest absolute Gasteiger partial charge is 0.362 e. The lowest BCUT2D eigenvalue weighted by atomic mass is 9.79. The SMILES string of the molecule is O=C1NOCC1NC(=S)c1cnc(N2CCC(c3ccc(Cl)c(Cl)c3)(C(F)(F)F)C2)nc1. The Labute approximate surface area is 196 Å². The van der Waals surface area contributed by atoms with E-state index in [1.165, 1.54) is 35.5 Å². The molecule has 7 nitrogen and oxygen atoms in total. The van der Waals surface area contributed by atoms with E-state index >= 15 is 0 Å². The number of anilines is 1. The van der Waals surface area contributed by atoms with Crippen LogP contribution in [0.1, 0.15) is 17.5 Å². The van der Waals surface area contributed by atoms with Gasteiger partial charge in [-0.15, -0.1) is 0 Å². The van der Waals surface area contributed by atoms with Crippen molar-refractivity contribution in [1.82, 2.24) is 20.8 Å². The lowest BCUT2D eigenvalue weighted by molar-refractivity contribution is -0.184. The van der Waals surface area contributed by atoms with Gasteiger partial charge in [0.25, 0.3) is 5.91 Å². The summed E-state index contributed by atoms with van der Waals surface area (Å²) in [6.45, 7) is -0.155. The summed E-state index contributed by atoms with van der Waals surface area (Å²) in [5.74, 6) is -0.211. The second-order valence-electron chi connectivity index (χ2n) is 7.46. The minimum atomic E-state index is -4.52. The molecule has 2 unspecified atom stereocenters. The highest BCUT2D eigenvalue weighted by Gasteiger charge is 2.59. The molecule has 2 aromatic rings. The lowest BCUT2D eigenvalue weighted by Crippen LogP contribution is -2.45. The molecule has 2 aliphatic heterocycles. The standard InChI is InChI=1S/C19H16Cl2F3N5O2S/c20-12-2-1-11(5-13(12)21)18(19(22,23)24)3-4-29(9-18)17-25-6-10(7-26-17)16(32)27-14-8-31-28-15(14)30/h1-2,5-7,14H,3-4,8-9H2,(H,27,32)(H,28,30). The molecule has 1 aromatic carbocycles. The van der Waals surface area contributed by atoms with Crippen molar-refractivity contribution in [1.29, 1.82) is 0 Å². The first-order chi connectivity index (χ1) is 15.1. The molecule has 0 radical (unpaired) electrons. The average Bonchev–Trinajstić information content (AvgIpc) is 3.38. The van der Waals surface area contributed by atoms with Gasteiger partial charge in [-0.05, 0) is 24.1 Å². The maximum Gasteiger partial charge on any atom is 0.400 e. The largest absolute Gasteiger partial charge is 0.400 e. The molecule has 3 heterocycles. The molecule has 32 heavy (non-hydrogen) atoms. The molecule has 1 aromatic heterocycles. The van der Waals surface area contributed by atoms with E-state index in [4.69, 9.17) is 40.3 Å². The highest BCUT2D eigenvalue weighted by atomic mass is 35.5. The van der Waals surface area contributed by atoms with E-state index in [-0.39, 0.29) is 58.6 Å². The quantitative estimate of drug-likeness (QED) is 0.617.